The molecule has 4 aromatic rings. The van der Waals surface area contributed by atoms with Gasteiger partial charge >= 0.3 is 0 Å². The predicted molar refractivity (Wildman–Crippen MR) is 135 cm³/mol. The minimum Gasteiger partial charge on any atom is -0.455 e. The molecule has 1 aliphatic rings. The second-order valence-corrected chi connectivity index (χ2v) is 9.53. The van der Waals surface area contributed by atoms with E-state index < -0.39 is 0 Å². The van der Waals surface area contributed by atoms with Crippen molar-refractivity contribution in [3.05, 3.63) is 86.0 Å². The van der Waals surface area contributed by atoms with E-state index in [9.17, 15) is 9.59 Å². The fourth-order valence-electron chi connectivity index (χ4n) is 4.44. The molecule has 7 heteroatoms. The Morgan fingerprint density at radius 1 is 1.06 bits per heavy atom. The van der Waals surface area contributed by atoms with Crippen molar-refractivity contribution in [1.82, 2.24) is 14.8 Å². The van der Waals surface area contributed by atoms with E-state index in [0.29, 0.717) is 40.9 Å². The molecule has 1 amide bonds. The zero-order chi connectivity index (χ0) is 23.7. The van der Waals surface area contributed by atoms with Crippen molar-refractivity contribution >= 4 is 28.2 Å². The molecular weight excluding hydrogens is 446 g/mol. The average Bonchev–Trinajstić information content (AvgIpc) is 3.34. The van der Waals surface area contributed by atoms with Crippen LogP contribution in [0.5, 0.6) is 0 Å². The van der Waals surface area contributed by atoms with Gasteiger partial charge in [-0.05, 0) is 25.5 Å². The van der Waals surface area contributed by atoms with E-state index in [4.69, 9.17) is 4.42 Å². The summed E-state index contributed by atoms with van der Waals surface area (Å²) in [6, 6.07) is 14.8. The topological polar surface area (TPSA) is 66.7 Å². The average molecular weight is 474 g/mol. The van der Waals surface area contributed by atoms with E-state index >= 15 is 0 Å². The van der Waals surface area contributed by atoms with Crippen LogP contribution >= 0.6 is 11.3 Å². The third-order valence-corrected chi connectivity index (χ3v) is 7.40. The number of amides is 1. The van der Waals surface area contributed by atoms with Crippen molar-refractivity contribution in [2.75, 3.05) is 26.2 Å². The van der Waals surface area contributed by atoms with Crippen molar-refractivity contribution in [3.8, 4) is 11.3 Å². The number of carbonyl (C=O) groups excluding carboxylic acids is 1. The zero-order valence-electron chi connectivity index (χ0n) is 19.4. The Balaban J connectivity index is 1.39. The van der Waals surface area contributed by atoms with Crippen LogP contribution in [-0.2, 0) is 13.0 Å². The summed E-state index contributed by atoms with van der Waals surface area (Å²) in [4.78, 5) is 35.5. The van der Waals surface area contributed by atoms with Crippen LogP contribution in [0.3, 0.4) is 0 Å². The molecule has 0 N–H and O–H groups in total. The molecule has 0 spiro atoms. The fraction of sp³-hybridized carbons (Fsp3) is 0.296. The fourth-order valence-corrected chi connectivity index (χ4v) is 5.17. The van der Waals surface area contributed by atoms with E-state index in [2.05, 4.69) is 22.2 Å². The molecule has 6 nitrogen and oxygen atoms in total. The molecule has 1 saturated heterocycles. The van der Waals surface area contributed by atoms with Gasteiger partial charge in [-0.1, -0.05) is 43.3 Å². The van der Waals surface area contributed by atoms with Crippen LogP contribution in [0.25, 0.3) is 22.3 Å². The minimum atomic E-state index is -0.103. The highest BCUT2D eigenvalue weighted by molar-refractivity contribution is 7.09. The second kappa shape index (κ2) is 9.52. The summed E-state index contributed by atoms with van der Waals surface area (Å²) >= 11 is 1.71. The molecule has 0 saturated carbocycles. The Morgan fingerprint density at radius 3 is 2.53 bits per heavy atom. The number of rotatable bonds is 5. The summed E-state index contributed by atoms with van der Waals surface area (Å²) in [5, 5.41) is 3.73. The molecule has 0 radical (unpaired) electrons. The highest BCUT2D eigenvalue weighted by Crippen LogP contribution is 2.28. The normalized spacial score (nSPS) is 14.6. The number of aromatic nitrogens is 1. The monoisotopic (exact) mass is 473 g/mol. The zero-order valence-corrected chi connectivity index (χ0v) is 20.2. The van der Waals surface area contributed by atoms with Crippen molar-refractivity contribution in [1.29, 1.82) is 0 Å². The molecule has 0 unspecified atom stereocenters. The summed E-state index contributed by atoms with van der Waals surface area (Å²) < 4.78 is 6.25. The van der Waals surface area contributed by atoms with Crippen molar-refractivity contribution in [2.24, 2.45) is 0 Å². The van der Waals surface area contributed by atoms with Crippen molar-refractivity contribution < 1.29 is 9.21 Å². The summed E-state index contributed by atoms with van der Waals surface area (Å²) in [6.07, 6.45) is 0.958. The Morgan fingerprint density at radius 2 is 1.82 bits per heavy atom. The number of para-hydroxylation sites is 1. The van der Waals surface area contributed by atoms with Crippen LogP contribution in [0, 0.1) is 6.92 Å². The maximum atomic E-state index is 13.5. The number of benzene rings is 2. The number of nitrogens with zero attached hydrogens (tertiary/aromatic N) is 3. The second-order valence-electron chi connectivity index (χ2n) is 8.59. The molecule has 5 rings (SSSR count). The number of thiazole rings is 1. The van der Waals surface area contributed by atoms with E-state index in [0.717, 1.165) is 42.3 Å². The van der Waals surface area contributed by atoms with Gasteiger partial charge in [0.05, 0.1) is 21.7 Å². The highest BCUT2D eigenvalue weighted by Gasteiger charge is 2.26. The van der Waals surface area contributed by atoms with Crippen LogP contribution < -0.4 is 5.43 Å². The van der Waals surface area contributed by atoms with Crippen LogP contribution in [0.15, 0.2) is 63.1 Å². The third kappa shape index (κ3) is 4.29. The third-order valence-electron chi connectivity index (χ3n) is 6.36. The van der Waals surface area contributed by atoms with Gasteiger partial charge in [-0.25, -0.2) is 4.98 Å². The Labute approximate surface area is 202 Å². The molecule has 3 heterocycles. The van der Waals surface area contributed by atoms with E-state index in [1.54, 1.807) is 36.5 Å². The Bertz CT molecular complexity index is 1390. The lowest BCUT2D eigenvalue weighted by Crippen LogP contribution is -2.48. The molecule has 0 atom stereocenters. The van der Waals surface area contributed by atoms with E-state index in [1.807, 2.05) is 35.2 Å². The first kappa shape index (κ1) is 22.5. The molecular formula is C27H27N3O3S. The lowest BCUT2D eigenvalue weighted by atomic mass is 10.0. The van der Waals surface area contributed by atoms with Crippen molar-refractivity contribution in [2.45, 2.75) is 26.8 Å². The van der Waals surface area contributed by atoms with Gasteiger partial charge in [-0.3, -0.25) is 14.5 Å². The molecule has 2 aromatic carbocycles. The SMILES string of the molecule is CCc1nc(CN2CCN(C(=O)c3cccc4c(=O)c(C)c(-c5ccccc5)oc34)CC2)cs1. The van der Waals surface area contributed by atoms with Gasteiger partial charge in [0.25, 0.3) is 5.91 Å². The first-order valence-electron chi connectivity index (χ1n) is 11.6. The van der Waals surface area contributed by atoms with Crippen LogP contribution in [0.1, 0.15) is 33.5 Å². The molecule has 0 aliphatic carbocycles. The smallest absolute Gasteiger partial charge is 0.257 e. The molecule has 1 aliphatic heterocycles. The minimum absolute atomic E-state index is 0.0989. The Hall–Kier alpha value is -3.29. The number of hydrogen-bond acceptors (Lipinski definition) is 6. The van der Waals surface area contributed by atoms with Gasteiger partial charge < -0.3 is 9.32 Å². The summed E-state index contributed by atoms with van der Waals surface area (Å²) in [5.74, 6) is 0.413. The summed E-state index contributed by atoms with van der Waals surface area (Å²) in [6.45, 7) is 7.52. The maximum Gasteiger partial charge on any atom is 0.257 e. The maximum absolute atomic E-state index is 13.5. The number of carbonyl (C=O) groups is 1. The first-order chi connectivity index (χ1) is 16.5. The van der Waals surface area contributed by atoms with Gasteiger partial charge in [-0.15, -0.1) is 11.3 Å². The number of fused-ring (bicyclic) bond motifs is 1. The van der Waals surface area contributed by atoms with Crippen LogP contribution in [0.4, 0.5) is 0 Å². The van der Waals surface area contributed by atoms with Gasteiger partial charge in [0.15, 0.2) is 11.0 Å². The molecule has 2 aromatic heterocycles. The largest absolute Gasteiger partial charge is 0.455 e. The summed E-state index contributed by atoms with van der Waals surface area (Å²) in [7, 11) is 0. The number of piperazine rings is 1. The standard InChI is InChI=1S/C27H27N3O3S/c1-3-23-28-20(17-34-23)16-29-12-14-30(15-13-29)27(32)22-11-7-10-21-24(31)18(2)25(33-26(21)22)19-8-5-4-6-9-19/h4-11,17H,3,12-16H2,1-2H3. The van der Waals surface area contributed by atoms with Gasteiger partial charge in [0.2, 0.25) is 0 Å². The van der Waals surface area contributed by atoms with Gasteiger partial charge in [0, 0.05) is 49.2 Å². The molecule has 0 bridgehead atoms. The summed E-state index contributed by atoms with van der Waals surface area (Å²) in [5.41, 5.74) is 3.16. The van der Waals surface area contributed by atoms with Crippen molar-refractivity contribution in [3.63, 3.8) is 0 Å². The highest BCUT2D eigenvalue weighted by atomic mass is 32.1. The van der Waals surface area contributed by atoms with Gasteiger partial charge in [-0.2, -0.15) is 0 Å². The lowest BCUT2D eigenvalue weighted by Gasteiger charge is -2.34. The quantitative estimate of drug-likeness (QED) is 0.419. The molecule has 34 heavy (non-hydrogen) atoms. The van der Waals surface area contributed by atoms with Crippen LogP contribution in [0.2, 0.25) is 0 Å². The first-order valence-corrected chi connectivity index (χ1v) is 12.5. The Kier molecular flexibility index (Phi) is 6.30. The van der Waals surface area contributed by atoms with E-state index in [1.165, 1.54) is 0 Å². The number of hydrogen-bond donors (Lipinski definition) is 0. The lowest BCUT2D eigenvalue weighted by molar-refractivity contribution is 0.0628. The molecule has 1 fully saturated rings. The van der Waals surface area contributed by atoms with E-state index in [-0.39, 0.29) is 11.3 Å². The van der Waals surface area contributed by atoms with Gasteiger partial charge in [0.1, 0.15) is 5.76 Å². The molecule has 174 valence electrons. The number of aryl methyl sites for hydroxylation is 1. The van der Waals surface area contributed by atoms with Crippen LogP contribution in [-0.4, -0.2) is 46.9 Å². The predicted octanol–water partition coefficient (Wildman–Crippen LogP) is 4.75.